The maximum absolute atomic E-state index is 12.7. The molecule has 0 aliphatic carbocycles. The second-order valence-electron chi connectivity index (χ2n) is 4.54. The summed E-state index contributed by atoms with van der Waals surface area (Å²) in [4.78, 5) is 0. The summed E-state index contributed by atoms with van der Waals surface area (Å²) >= 11 is 0. The maximum atomic E-state index is 12.7. The number of nitrogens with two attached hydrogens (primary N) is 1. The number of alkyl halides is 2. The van der Waals surface area contributed by atoms with Gasteiger partial charge in [0, 0.05) is 0 Å². The van der Waals surface area contributed by atoms with E-state index < -0.39 is 12.5 Å². The second kappa shape index (κ2) is 8.56. The molecule has 0 aromatic heterocycles. The van der Waals surface area contributed by atoms with Gasteiger partial charge in [0.1, 0.15) is 6.61 Å². The summed E-state index contributed by atoms with van der Waals surface area (Å²) in [6.07, 6.45) is -2.62. The van der Waals surface area contributed by atoms with E-state index in [1.807, 2.05) is 30.3 Å². The summed E-state index contributed by atoms with van der Waals surface area (Å²) in [7, 11) is 1.50. The number of ether oxygens (including phenoxy) is 2. The van der Waals surface area contributed by atoms with Crippen LogP contribution in [0.3, 0.4) is 0 Å². The van der Waals surface area contributed by atoms with Gasteiger partial charge in [0.2, 0.25) is 0 Å². The highest BCUT2D eigenvalue weighted by Crippen LogP contribution is 2.31. The van der Waals surface area contributed by atoms with E-state index in [2.05, 4.69) is 0 Å². The molecule has 120 valence electrons. The molecule has 0 aliphatic rings. The first-order chi connectivity index (χ1) is 10.1. The highest BCUT2D eigenvalue weighted by atomic mass is 35.5. The molecular weight excluding hydrogens is 312 g/mol. The van der Waals surface area contributed by atoms with Gasteiger partial charge >= 0.3 is 0 Å². The Morgan fingerprint density at radius 1 is 1.05 bits per heavy atom. The summed E-state index contributed by atoms with van der Waals surface area (Å²) in [5.41, 5.74) is 6.75. The van der Waals surface area contributed by atoms with Crippen LogP contribution in [0.5, 0.6) is 11.5 Å². The molecule has 6 heteroatoms. The van der Waals surface area contributed by atoms with Gasteiger partial charge in [0.25, 0.3) is 6.43 Å². The lowest BCUT2D eigenvalue weighted by molar-refractivity contribution is 0.116. The molecule has 2 N–H and O–H groups in total. The monoisotopic (exact) mass is 329 g/mol. The average molecular weight is 330 g/mol. The largest absolute Gasteiger partial charge is 0.493 e. The molecular formula is C16H18ClF2NO2. The average Bonchev–Trinajstić information content (AvgIpc) is 2.52. The van der Waals surface area contributed by atoms with Crippen LogP contribution < -0.4 is 15.2 Å². The summed E-state index contributed by atoms with van der Waals surface area (Å²) in [6.45, 7) is 0.324. The second-order valence-corrected chi connectivity index (χ2v) is 4.54. The van der Waals surface area contributed by atoms with E-state index in [9.17, 15) is 8.78 Å². The molecule has 0 aliphatic heterocycles. The van der Waals surface area contributed by atoms with Crippen LogP contribution in [-0.4, -0.2) is 13.5 Å². The van der Waals surface area contributed by atoms with Crippen molar-refractivity contribution in [2.75, 3.05) is 7.11 Å². The standard InChI is InChI=1S/C16H17F2NO2.ClH/c1-20-13-8-7-12(15(19)16(17)18)9-14(13)21-10-11-5-3-2-4-6-11;/h2-9,15-16H,10,19H2,1H3;1H/t15-;/m1./s1. The molecule has 2 rings (SSSR count). The van der Waals surface area contributed by atoms with Crippen molar-refractivity contribution in [2.45, 2.75) is 19.1 Å². The van der Waals surface area contributed by atoms with Gasteiger partial charge in [-0.3, -0.25) is 0 Å². The molecule has 0 heterocycles. The van der Waals surface area contributed by atoms with Gasteiger partial charge in [-0.2, -0.15) is 0 Å². The molecule has 0 fully saturated rings. The van der Waals surface area contributed by atoms with Gasteiger partial charge < -0.3 is 15.2 Å². The van der Waals surface area contributed by atoms with Gasteiger partial charge in [-0.05, 0) is 23.3 Å². The number of methoxy groups -OCH3 is 1. The lowest BCUT2D eigenvalue weighted by Gasteiger charge is -2.15. The summed E-state index contributed by atoms with van der Waals surface area (Å²) in [6, 6.07) is 12.8. The Balaban J connectivity index is 0.00000242. The van der Waals surface area contributed by atoms with Crippen molar-refractivity contribution < 1.29 is 18.3 Å². The molecule has 3 nitrogen and oxygen atoms in total. The van der Waals surface area contributed by atoms with Gasteiger partial charge in [0.15, 0.2) is 11.5 Å². The molecule has 0 amide bonds. The highest BCUT2D eigenvalue weighted by Gasteiger charge is 2.19. The number of hydrogen-bond donors (Lipinski definition) is 1. The van der Waals surface area contributed by atoms with Gasteiger partial charge in [-0.15, -0.1) is 12.4 Å². The Kier molecular flexibility index (Phi) is 7.08. The predicted molar refractivity (Wildman–Crippen MR) is 83.9 cm³/mol. The normalized spacial score (nSPS) is 11.7. The van der Waals surface area contributed by atoms with Crippen LogP contribution in [0.15, 0.2) is 48.5 Å². The van der Waals surface area contributed by atoms with Gasteiger partial charge in [0.05, 0.1) is 13.2 Å². The SMILES string of the molecule is COc1ccc([C@@H](N)C(F)F)cc1OCc1ccccc1.Cl. The van der Waals surface area contributed by atoms with E-state index in [1.54, 1.807) is 6.07 Å². The smallest absolute Gasteiger partial charge is 0.257 e. The third-order valence-electron chi connectivity index (χ3n) is 3.08. The van der Waals surface area contributed by atoms with Crippen LogP contribution in [0.1, 0.15) is 17.2 Å². The molecule has 1 atom stereocenters. The van der Waals surface area contributed by atoms with Crippen LogP contribution in [0.4, 0.5) is 8.78 Å². The molecule has 2 aromatic carbocycles. The van der Waals surface area contributed by atoms with Crippen LogP contribution in [-0.2, 0) is 6.61 Å². The Hall–Kier alpha value is -1.85. The van der Waals surface area contributed by atoms with E-state index >= 15 is 0 Å². The fourth-order valence-corrected chi connectivity index (χ4v) is 1.89. The Morgan fingerprint density at radius 3 is 2.32 bits per heavy atom. The molecule has 0 bridgehead atoms. The molecule has 2 aromatic rings. The van der Waals surface area contributed by atoms with Crippen LogP contribution in [0.25, 0.3) is 0 Å². The van der Waals surface area contributed by atoms with Crippen LogP contribution in [0.2, 0.25) is 0 Å². The third-order valence-corrected chi connectivity index (χ3v) is 3.08. The minimum absolute atomic E-state index is 0. The Labute approximate surface area is 134 Å². The van der Waals surface area contributed by atoms with E-state index in [0.29, 0.717) is 23.7 Å². The molecule has 0 saturated carbocycles. The van der Waals surface area contributed by atoms with Crippen molar-refractivity contribution in [3.8, 4) is 11.5 Å². The number of benzene rings is 2. The topological polar surface area (TPSA) is 44.5 Å². The number of halogens is 3. The zero-order valence-electron chi connectivity index (χ0n) is 12.0. The lowest BCUT2D eigenvalue weighted by atomic mass is 10.1. The van der Waals surface area contributed by atoms with Crippen molar-refractivity contribution in [3.05, 3.63) is 59.7 Å². The number of rotatable bonds is 6. The first-order valence-corrected chi connectivity index (χ1v) is 6.50. The first-order valence-electron chi connectivity index (χ1n) is 6.50. The van der Waals surface area contributed by atoms with E-state index in [4.69, 9.17) is 15.2 Å². The molecule has 0 radical (unpaired) electrons. The van der Waals surface area contributed by atoms with Gasteiger partial charge in [-0.25, -0.2) is 8.78 Å². The van der Waals surface area contributed by atoms with E-state index in [-0.39, 0.29) is 12.4 Å². The van der Waals surface area contributed by atoms with Crippen molar-refractivity contribution >= 4 is 12.4 Å². The zero-order chi connectivity index (χ0) is 15.2. The Morgan fingerprint density at radius 2 is 1.73 bits per heavy atom. The molecule has 0 unspecified atom stereocenters. The lowest BCUT2D eigenvalue weighted by Crippen LogP contribution is -2.18. The third kappa shape index (κ3) is 4.58. The summed E-state index contributed by atoms with van der Waals surface area (Å²) < 4.78 is 36.2. The number of hydrogen-bond acceptors (Lipinski definition) is 3. The molecule has 0 spiro atoms. The highest BCUT2D eigenvalue weighted by molar-refractivity contribution is 5.85. The quantitative estimate of drug-likeness (QED) is 0.872. The Bertz CT molecular complexity index is 582. The zero-order valence-corrected chi connectivity index (χ0v) is 12.9. The first kappa shape index (κ1) is 18.2. The fraction of sp³-hybridized carbons (Fsp3) is 0.250. The minimum Gasteiger partial charge on any atom is -0.493 e. The summed E-state index contributed by atoms with van der Waals surface area (Å²) in [5.74, 6) is 0.881. The summed E-state index contributed by atoms with van der Waals surface area (Å²) in [5, 5.41) is 0. The van der Waals surface area contributed by atoms with Crippen molar-refractivity contribution in [3.63, 3.8) is 0 Å². The van der Waals surface area contributed by atoms with E-state index in [0.717, 1.165) is 5.56 Å². The predicted octanol–water partition coefficient (Wildman–Crippen LogP) is 3.96. The van der Waals surface area contributed by atoms with Crippen molar-refractivity contribution in [1.82, 2.24) is 0 Å². The fourth-order valence-electron chi connectivity index (χ4n) is 1.89. The molecule has 0 saturated heterocycles. The molecule has 22 heavy (non-hydrogen) atoms. The van der Waals surface area contributed by atoms with Crippen LogP contribution in [0, 0.1) is 0 Å². The van der Waals surface area contributed by atoms with E-state index in [1.165, 1.54) is 19.2 Å². The van der Waals surface area contributed by atoms with Crippen molar-refractivity contribution in [1.29, 1.82) is 0 Å². The minimum atomic E-state index is -2.62. The van der Waals surface area contributed by atoms with Crippen LogP contribution >= 0.6 is 12.4 Å². The van der Waals surface area contributed by atoms with Gasteiger partial charge in [-0.1, -0.05) is 36.4 Å². The van der Waals surface area contributed by atoms with Crippen molar-refractivity contribution in [2.24, 2.45) is 5.73 Å². The maximum Gasteiger partial charge on any atom is 0.257 e.